The molecule has 0 aromatic rings. The summed E-state index contributed by atoms with van der Waals surface area (Å²) in [6.07, 6.45) is -13.6. The zero-order valence-electron chi connectivity index (χ0n) is 25.3. The predicted octanol–water partition coefficient (Wildman–Crippen LogP) is -8.63. The summed E-state index contributed by atoms with van der Waals surface area (Å²) >= 11 is 0. The van der Waals surface area contributed by atoms with Crippen molar-refractivity contribution in [2.75, 3.05) is 26.2 Å². The van der Waals surface area contributed by atoms with Crippen LogP contribution in [0.1, 0.15) is 12.8 Å². The van der Waals surface area contributed by atoms with Gasteiger partial charge in [-0.15, -0.1) is 0 Å². The van der Waals surface area contributed by atoms with Crippen LogP contribution in [0.2, 0.25) is 0 Å². The molecule has 266 valence electrons. The van der Waals surface area contributed by atoms with E-state index in [2.05, 4.69) is 0 Å². The topological polar surface area (TPSA) is 339 Å². The monoisotopic (exact) mass is 666 g/mol. The van der Waals surface area contributed by atoms with Gasteiger partial charge in [-0.05, 0) is 12.8 Å². The lowest BCUT2D eigenvalue weighted by Gasteiger charge is -2.58. The summed E-state index contributed by atoms with van der Waals surface area (Å²) in [6.45, 7) is 0.686. The summed E-state index contributed by atoms with van der Waals surface area (Å²) in [6, 6.07) is -3.78. The Morgan fingerprint density at radius 3 is 1.28 bits per heavy atom. The van der Waals surface area contributed by atoms with Crippen LogP contribution in [-0.4, -0.2) is 189 Å². The number of hydrogen-bond donors (Lipinski definition) is 12. The molecule has 0 aromatic carbocycles. The molecule has 4 aliphatic heterocycles. The Morgan fingerprint density at radius 1 is 0.565 bits per heavy atom. The SMILES string of the molecule is NC[C@@H]1O[C@@H](OC2C(N)CC3C(ON3CCN3OC4C(O)C(O[C@H]5O[C@H](CN)[C@@H](O)[C@@H](O)[C@H]5N)C(N)CC43)C2O)[C@@H](N)[C@@H](O)[C@H]1O. The molecule has 0 amide bonds. The molecule has 4 saturated heterocycles. The van der Waals surface area contributed by atoms with Crippen molar-refractivity contribution >= 4 is 0 Å². The fraction of sp³-hybridized carbons (Fsp3) is 1.00. The molecule has 4 heterocycles. The quantitative estimate of drug-likeness (QED) is 0.109. The van der Waals surface area contributed by atoms with E-state index in [0.717, 1.165) is 0 Å². The molecule has 0 aromatic heterocycles. The van der Waals surface area contributed by atoms with Gasteiger partial charge in [-0.2, -0.15) is 10.1 Å². The van der Waals surface area contributed by atoms with E-state index >= 15 is 0 Å². The second-order valence-corrected chi connectivity index (χ2v) is 13.2. The molecule has 2 saturated carbocycles. The Bertz CT molecular complexity index is 963. The summed E-state index contributed by atoms with van der Waals surface area (Å²) in [5.74, 6) is 0. The molecule has 0 spiro atoms. The van der Waals surface area contributed by atoms with Crippen molar-refractivity contribution in [2.24, 2.45) is 34.4 Å². The lowest BCUT2D eigenvalue weighted by atomic mass is 9.81. The Morgan fingerprint density at radius 2 is 0.935 bits per heavy atom. The lowest BCUT2D eigenvalue weighted by Crippen LogP contribution is -2.75. The normalized spacial score (nSPS) is 54.8. The minimum Gasteiger partial charge on any atom is -0.388 e. The maximum absolute atomic E-state index is 11.0. The van der Waals surface area contributed by atoms with Crippen molar-refractivity contribution in [2.45, 2.75) is 135 Å². The van der Waals surface area contributed by atoms with Crippen molar-refractivity contribution in [1.82, 2.24) is 10.1 Å². The van der Waals surface area contributed by atoms with Crippen LogP contribution < -0.4 is 34.4 Å². The molecule has 6 aliphatic rings. The van der Waals surface area contributed by atoms with Gasteiger partial charge in [-0.25, -0.2) is 0 Å². The van der Waals surface area contributed by atoms with Gasteiger partial charge in [0, 0.05) is 38.3 Å². The number of nitrogens with two attached hydrogens (primary N) is 6. The van der Waals surface area contributed by atoms with E-state index in [1.54, 1.807) is 10.1 Å². The Labute approximate surface area is 265 Å². The smallest absolute Gasteiger partial charge is 0.176 e. The van der Waals surface area contributed by atoms with Crippen LogP contribution in [0.3, 0.4) is 0 Å². The van der Waals surface area contributed by atoms with Crippen molar-refractivity contribution in [3.8, 4) is 0 Å². The number of ether oxygens (including phenoxy) is 4. The van der Waals surface area contributed by atoms with E-state index < -0.39 is 110 Å². The molecular weight excluding hydrogens is 616 g/mol. The van der Waals surface area contributed by atoms with Crippen molar-refractivity contribution < 1.29 is 59.3 Å². The summed E-state index contributed by atoms with van der Waals surface area (Å²) in [5, 5.41) is 66.3. The summed E-state index contributed by atoms with van der Waals surface area (Å²) < 4.78 is 23.2. The van der Waals surface area contributed by atoms with Crippen LogP contribution in [0.25, 0.3) is 0 Å². The van der Waals surface area contributed by atoms with E-state index in [0.29, 0.717) is 25.9 Å². The van der Waals surface area contributed by atoms with Gasteiger partial charge in [0.05, 0.1) is 24.2 Å². The molecule has 10 unspecified atom stereocenters. The number of nitrogens with zero attached hydrogens (tertiary/aromatic N) is 2. The molecule has 18 N–H and O–H groups in total. The van der Waals surface area contributed by atoms with Crippen molar-refractivity contribution in [3.63, 3.8) is 0 Å². The first-order valence-corrected chi connectivity index (χ1v) is 15.9. The molecule has 6 fully saturated rings. The van der Waals surface area contributed by atoms with E-state index in [1.165, 1.54) is 0 Å². The highest BCUT2D eigenvalue weighted by Crippen LogP contribution is 2.39. The standard InChI is InChI=1S/C26H50N8O12/c27-5-11-15(35)17(37)13(31)25(41-11)43-21-7(29)3-9-23(19(21)39)45-33(9)1-2-34-10-4-8(30)22(20(40)24(10)46-34)44-26-14(32)18(38)16(36)12(6-28)42-26/h7-26,35-40H,1-6,27-32H2/t7?,8?,9?,10?,11-,12+,13-,14+,15-,16+,17+,18-,19?,20?,21?,22?,23?,24?,25-,26+. The zero-order chi connectivity index (χ0) is 33.2. The molecular formula is C26H50N8O12. The third-order valence-corrected chi connectivity index (χ3v) is 10.3. The van der Waals surface area contributed by atoms with E-state index in [1.807, 2.05) is 0 Å². The number of aliphatic hydroxyl groups is 6. The number of hydrogen-bond acceptors (Lipinski definition) is 20. The first kappa shape index (κ1) is 35.0. The molecule has 46 heavy (non-hydrogen) atoms. The van der Waals surface area contributed by atoms with Crippen LogP contribution in [0.15, 0.2) is 0 Å². The van der Waals surface area contributed by atoms with Gasteiger partial charge in [0.1, 0.15) is 73.2 Å². The Balaban J connectivity index is 0.973. The van der Waals surface area contributed by atoms with Crippen molar-refractivity contribution in [3.05, 3.63) is 0 Å². The Hall–Kier alpha value is -0.800. The fourth-order valence-corrected chi connectivity index (χ4v) is 7.45. The van der Waals surface area contributed by atoms with E-state index in [9.17, 15) is 30.6 Å². The highest BCUT2D eigenvalue weighted by Gasteiger charge is 2.58. The highest BCUT2D eigenvalue weighted by atomic mass is 16.8. The maximum atomic E-state index is 11.0. The third-order valence-electron chi connectivity index (χ3n) is 10.3. The first-order chi connectivity index (χ1) is 21.9. The van der Waals surface area contributed by atoms with Gasteiger partial charge in [0.25, 0.3) is 0 Å². The number of hydroxylamine groups is 4. The second-order valence-electron chi connectivity index (χ2n) is 13.2. The summed E-state index contributed by atoms with van der Waals surface area (Å²) in [4.78, 5) is 11.8. The van der Waals surface area contributed by atoms with Gasteiger partial charge >= 0.3 is 0 Å². The maximum Gasteiger partial charge on any atom is 0.176 e. The van der Waals surface area contributed by atoms with Gasteiger partial charge in [-0.1, -0.05) is 0 Å². The number of aliphatic hydroxyl groups excluding tert-OH is 6. The molecule has 0 bridgehead atoms. The molecule has 20 nitrogen and oxygen atoms in total. The van der Waals surface area contributed by atoms with Crippen LogP contribution >= 0.6 is 0 Å². The van der Waals surface area contributed by atoms with Gasteiger partial charge in [0.2, 0.25) is 0 Å². The minimum atomic E-state index is -1.33. The van der Waals surface area contributed by atoms with Gasteiger partial charge < -0.3 is 84.0 Å². The molecule has 6 rings (SSSR count). The number of fused-ring (bicyclic) bond motifs is 2. The zero-order valence-corrected chi connectivity index (χ0v) is 25.3. The highest BCUT2D eigenvalue weighted by molar-refractivity contribution is 5.06. The van der Waals surface area contributed by atoms with Crippen LogP contribution in [0, 0.1) is 0 Å². The minimum absolute atomic E-state index is 0.0645. The van der Waals surface area contributed by atoms with Crippen LogP contribution in [-0.2, 0) is 28.6 Å². The number of rotatable bonds is 9. The van der Waals surface area contributed by atoms with E-state index in [-0.39, 0.29) is 25.2 Å². The molecule has 20 atom stereocenters. The Kier molecular flexibility index (Phi) is 10.5. The third kappa shape index (κ3) is 6.11. The van der Waals surface area contributed by atoms with Crippen molar-refractivity contribution in [1.29, 1.82) is 0 Å². The predicted molar refractivity (Wildman–Crippen MR) is 153 cm³/mol. The molecule has 2 aliphatic carbocycles. The van der Waals surface area contributed by atoms with E-state index in [4.69, 9.17) is 63.0 Å². The first-order valence-electron chi connectivity index (χ1n) is 15.9. The largest absolute Gasteiger partial charge is 0.388 e. The second kappa shape index (κ2) is 13.8. The van der Waals surface area contributed by atoms with Gasteiger partial charge in [-0.3, -0.25) is 9.68 Å². The fourth-order valence-electron chi connectivity index (χ4n) is 7.45. The average Bonchev–Trinajstić information content (AvgIpc) is 3.02. The lowest BCUT2D eigenvalue weighted by molar-refractivity contribution is -0.408. The molecule has 0 radical (unpaired) electrons. The van der Waals surface area contributed by atoms with Crippen LogP contribution in [0.5, 0.6) is 0 Å². The average molecular weight is 667 g/mol. The summed E-state index contributed by atoms with van der Waals surface area (Å²) in [5.41, 5.74) is 36.1. The van der Waals surface area contributed by atoms with Crippen LogP contribution in [0.4, 0.5) is 0 Å². The van der Waals surface area contributed by atoms with Gasteiger partial charge in [0.15, 0.2) is 12.6 Å². The summed E-state index contributed by atoms with van der Waals surface area (Å²) in [7, 11) is 0. The molecule has 20 heteroatoms.